The van der Waals surface area contributed by atoms with Gasteiger partial charge in [-0.05, 0) is 19.3 Å². The molecule has 23 heavy (non-hydrogen) atoms. The maximum absolute atomic E-state index is 12.8. The van der Waals surface area contributed by atoms with E-state index in [0.29, 0.717) is 6.54 Å². The van der Waals surface area contributed by atoms with Gasteiger partial charge in [0.25, 0.3) is 0 Å². The molecule has 0 aliphatic rings. The molecule has 1 aromatic carbocycles. The molecule has 0 aromatic heterocycles. The predicted octanol–water partition coefficient (Wildman–Crippen LogP) is 2.43. The monoisotopic (exact) mass is 339 g/mol. The molecule has 0 spiro atoms. The maximum atomic E-state index is 12.8. The molecule has 0 fully saturated rings. The normalized spacial score (nSPS) is 13.6. The van der Waals surface area contributed by atoms with Gasteiger partial charge in [-0.1, -0.05) is 45.4 Å². The Morgan fingerprint density at radius 1 is 1.13 bits per heavy atom. The van der Waals surface area contributed by atoms with Gasteiger partial charge in [-0.3, -0.25) is 0 Å². The Morgan fingerprint density at radius 2 is 1.70 bits per heavy atom. The molecule has 128 valence electrons. The first-order chi connectivity index (χ1) is 11.0. The quantitative estimate of drug-likeness (QED) is 0.513. The van der Waals surface area contributed by atoms with Crippen LogP contribution < -0.4 is 9.59 Å². The fraction of sp³-hybridized carbons (Fsp3) is 0.556. The zero-order chi connectivity index (χ0) is 17.5. The molecule has 0 bridgehead atoms. The van der Waals surface area contributed by atoms with E-state index in [1.807, 2.05) is 39.0 Å². The zero-order valence-electron chi connectivity index (χ0n) is 14.2. The highest BCUT2D eigenvalue weighted by Crippen LogP contribution is 2.34. The van der Waals surface area contributed by atoms with Crippen LogP contribution in [0.2, 0.25) is 0 Å². The Kier molecular flexibility index (Phi) is 7.73. The van der Waals surface area contributed by atoms with Crippen molar-refractivity contribution in [2.45, 2.75) is 46.5 Å². The molecular formula is C18H26ClNO3. The van der Waals surface area contributed by atoms with E-state index in [-0.39, 0.29) is 22.8 Å². The van der Waals surface area contributed by atoms with Crippen LogP contribution in [-0.2, 0) is 22.4 Å². The average Bonchev–Trinajstić information content (AvgIpc) is 2.56. The minimum atomic E-state index is -1.23. The van der Waals surface area contributed by atoms with E-state index in [0.717, 1.165) is 42.5 Å². The lowest BCUT2D eigenvalue weighted by atomic mass is 9.98. The fourth-order valence-electron chi connectivity index (χ4n) is 3.14. The summed E-state index contributed by atoms with van der Waals surface area (Å²) < 4.78 is -0.243. The van der Waals surface area contributed by atoms with E-state index >= 15 is 0 Å². The summed E-state index contributed by atoms with van der Waals surface area (Å²) in [7, 11) is 0. The molecule has 0 heterocycles. The van der Waals surface area contributed by atoms with Gasteiger partial charge in [0.15, 0.2) is 0 Å². The SMILES string of the molecule is CCCC[N+](CC(=O)[O-])(C(=O)CCl)c1c(CC)cccc1CC. The molecular weight excluding hydrogens is 314 g/mol. The number of hydrogen-bond donors (Lipinski definition) is 0. The molecule has 1 atom stereocenters. The Bertz CT molecular complexity index is 537. The number of halogens is 1. The number of carbonyl (C=O) groups excluding carboxylic acids is 2. The Labute approximate surface area is 143 Å². The standard InChI is InChI=1S/C18H26ClNO3/c1-4-7-11-20(13-17(22)23,16(21)12-19)18-14(5-2)9-8-10-15(18)6-3/h8-10H,4-7,11-13H2,1-3H3. The maximum Gasteiger partial charge on any atom is 0.333 e. The van der Waals surface area contributed by atoms with Crippen LogP contribution >= 0.6 is 11.6 Å². The first-order valence-corrected chi connectivity index (χ1v) is 8.77. The predicted molar refractivity (Wildman–Crippen MR) is 92.4 cm³/mol. The number of aryl methyl sites for hydroxylation is 2. The number of para-hydroxylation sites is 1. The average molecular weight is 340 g/mol. The number of quaternary nitrogens is 1. The number of nitrogens with zero attached hydrogens (tertiary/aromatic N) is 1. The van der Waals surface area contributed by atoms with E-state index in [4.69, 9.17) is 11.6 Å². The largest absolute Gasteiger partial charge is 0.544 e. The van der Waals surface area contributed by atoms with Crippen molar-refractivity contribution in [3.05, 3.63) is 29.3 Å². The number of amides is 1. The van der Waals surface area contributed by atoms with E-state index in [2.05, 4.69) is 0 Å². The number of aliphatic carboxylic acids is 1. The summed E-state index contributed by atoms with van der Waals surface area (Å²) >= 11 is 5.86. The van der Waals surface area contributed by atoms with Crippen LogP contribution in [0.15, 0.2) is 18.2 Å². The molecule has 5 heteroatoms. The van der Waals surface area contributed by atoms with Gasteiger partial charge < -0.3 is 9.90 Å². The van der Waals surface area contributed by atoms with Crippen molar-refractivity contribution in [1.29, 1.82) is 0 Å². The molecule has 1 aromatic rings. The van der Waals surface area contributed by atoms with Gasteiger partial charge in [0.1, 0.15) is 18.1 Å². The van der Waals surface area contributed by atoms with Crippen molar-refractivity contribution < 1.29 is 14.7 Å². The lowest BCUT2D eigenvalue weighted by molar-refractivity contribution is -0.305. The van der Waals surface area contributed by atoms with Gasteiger partial charge in [0.05, 0.1) is 12.5 Å². The van der Waals surface area contributed by atoms with E-state index in [1.54, 1.807) is 0 Å². The molecule has 4 nitrogen and oxygen atoms in total. The van der Waals surface area contributed by atoms with Crippen LogP contribution in [-0.4, -0.2) is 30.8 Å². The molecule has 1 amide bonds. The van der Waals surface area contributed by atoms with Gasteiger partial charge in [0, 0.05) is 11.1 Å². The number of benzene rings is 1. The highest BCUT2D eigenvalue weighted by Gasteiger charge is 2.41. The molecule has 0 aliphatic heterocycles. The second kappa shape index (κ2) is 9.04. The van der Waals surface area contributed by atoms with E-state index in [9.17, 15) is 14.7 Å². The number of alkyl halides is 1. The van der Waals surface area contributed by atoms with Crippen molar-refractivity contribution in [2.24, 2.45) is 0 Å². The van der Waals surface area contributed by atoms with Crippen molar-refractivity contribution in [1.82, 2.24) is 4.48 Å². The summed E-state index contributed by atoms with van der Waals surface area (Å²) in [6, 6.07) is 5.88. The van der Waals surface area contributed by atoms with Crippen LogP contribution in [0.25, 0.3) is 0 Å². The molecule has 0 saturated heterocycles. The number of hydrogen-bond acceptors (Lipinski definition) is 3. The summed E-state index contributed by atoms with van der Waals surface area (Å²) in [6.45, 7) is 6.11. The summed E-state index contributed by atoms with van der Waals surface area (Å²) in [5.74, 6) is -1.72. The van der Waals surface area contributed by atoms with Crippen molar-refractivity contribution in [3.8, 4) is 0 Å². The number of carboxylic acids is 1. The van der Waals surface area contributed by atoms with Crippen molar-refractivity contribution in [3.63, 3.8) is 0 Å². The first kappa shape index (κ1) is 19.7. The van der Waals surface area contributed by atoms with Crippen LogP contribution in [0.3, 0.4) is 0 Å². The van der Waals surface area contributed by atoms with Gasteiger partial charge in [0.2, 0.25) is 0 Å². The molecule has 1 rings (SSSR count). The minimum absolute atomic E-state index is 0.210. The second-order valence-electron chi connectivity index (χ2n) is 5.73. The van der Waals surface area contributed by atoms with Gasteiger partial charge in [-0.25, -0.2) is 9.28 Å². The fourth-order valence-corrected chi connectivity index (χ4v) is 3.36. The second-order valence-corrected chi connectivity index (χ2v) is 6.00. The summed E-state index contributed by atoms with van der Waals surface area (Å²) in [4.78, 5) is 24.2. The molecule has 0 saturated carbocycles. The number of rotatable bonds is 9. The Hall–Kier alpha value is -1.39. The van der Waals surface area contributed by atoms with Gasteiger partial charge in [-0.2, -0.15) is 0 Å². The molecule has 0 aliphatic carbocycles. The Morgan fingerprint density at radius 3 is 2.09 bits per heavy atom. The third-order valence-electron chi connectivity index (χ3n) is 4.28. The summed E-state index contributed by atoms with van der Waals surface area (Å²) in [5.41, 5.74) is 2.81. The van der Waals surface area contributed by atoms with Crippen LogP contribution in [0.1, 0.15) is 44.7 Å². The van der Waals surface area contributed by atoms with Gasteiger partial charge >= 0.3 is 5.91 Å². The molecule has 0 radical (unpaired) electrons. The molecule has 1 unspecified atom stereocenters. The lowest BCUT2D eigenvalue weighted by Gasteiger charge is -2.38. The van der Waals surface area contributed by atoms with Crippen LogP contribution in [0.5, 0.6) is 0 Å². The third kappa shape index (κ3) is 4.33. The number of carboxylic acid groups (broad SMARTS) is 1. The summed E-state index contributed by atoms with van der Waals surface area (Å²) in [6.07, 6.45) is 3.09. The van der Waals surface area contributed by atoms with E-state index < -0.39 is 5.97 Å². The van der Waals surface area contributed by atoms with Crippen LogP contribution in [0, 0.1) is 0 Å². The zero-order valence-corrected chi connectivity index (χ0v) is 15.0. The number of carbonyl (C=O) groups is 2. The summed E-state index contributed by atoms with van der Waals surface area (Å²) in [5, 5.41) is 11.4. The highest BCUT2D eigenvalue weighted by atomic mass is 35.5. The minimum Gasteiger partial charge on any atom is -0.544 e. The number of unbranched alkanes of at least 4 members (excludes halogenated alkanes) is 1. The topological polar surface area (TPSA) is 57.2 Å². The van der Waals surface area contributed by atoms with E-state index in [1.165, 1.54) is 0 Å². The first-order valence-electron chi connectivity index (χ1n) is 8.24. The van der Waals surface area contributed by atoms with Crippen LogP contribution in [0.4, 0.5) is 5.69 Å². The smallest absolute Gasteiger partial charge is 0.333 e. The van der Waals surface area contributed by atoms with Gasteiger partial charge in [-0.15, -0.1) is 11.6 Å². The van der Waals surface area contributed by atoms with Crippen molar-refractivity contribution >= 4 is 29.2 Å². The third-order valence-corrected chi connectivity index (χ3v) is 4.51. The molecule has 0 N–H and O–H groups in total. The van der Waals surface area contributed by atoms with Crippen molar-refractivity contribution in [2.75, 3.05) is 19.0 Å². The Balaban J connectivity index is 3.66. The highest BCUT2D eigenvalue weighted by molar-refractivity contribution is 6.28. The lowest BCUT2D eigenvalue weighted by Crippen LogP contribution is -2.61.